The third-order valence-corrected chi connectivity index (χ3v) is 4.36. The Morgan fingerprint density at radius 3 is 3.17 bits per heavy atom. The van der Waals surface area contributed by atoms with Gasteiger partial charge < -0.3 is 10.1 Å². The van der Waals surface area contributed by atoms with Crippen LogP contribution < -0.4 is 11.0 Å². The lowest BCUT2D eigenvalue weighted by atomic mass is 10.1. The zero-order chi connectivity index (χ0) is 13.0. The van der Waals surface area contributed by atoms with Gasteiger partial charge in [-0.1, -0.05) is 18.7 Å². The summed E-state index contributed by atoms with van der Waals surface area (Å²) in [7, 11) is 0. The van der Waals surface area contributed by atoms with Gasteiger partial charge in [-0.05, 0) is 19.9 Å². The molecule has 1 saturated heterocycles. The van der Waals surface area contributed by atoms with Crippen LogP contribution >= 0.6 is 11.8 Å². The van der Waals surface area contributed by atoms with E-state index in [1.54, 1.807) is 16.3 Å². The van der Waals surface area contributed by atoms with Crippen molar-refractivity contribution in [3.63, 3.8) is 0 Å². The summed E-state index contributed by atoms with van der Waals surface area (Å²) in [5, 5.41) is 11.1. The Kier molecular flexibility index (Phi) is 4.85. The first-order chi connectivity index (χ1) is 8.76. The minimum absolute atomic E-state index is 0.142. The highest BCUT2D eigenvalue weighted by atomic mass is 32.2. The molecule has 0 aromatic carbocycles. The van der Waals surface area contributed by atoms with Crippen LogP contribution in [0.25, 0.3) is 0 Å². The molecule has 0 radical (unpaired) electrons. The first-order valence-corrected chi connectivity index (χ1v) is 7.27. The third-order valence-electron chi connectivity index (χ3n) is 3.07. The summed E-state index contributed by atoms with van der Waals surface area (Å²) in [5.41, 5.74) is -0.142. The van der Waals surface area contributed by atoms with Gasteiger partial charge in [0.05, 0.1) is 11.9 Å². The van der Waals surface area contributed by atoms with E-state index in [0.29, 0.717) is 24.4 Å². The van der Waals surface area contributed by atoms with Gasteiger partial charge in [0, 0.05) is 19.2 Å². The number of ether oxygens (including phenoxy) is 1. The van der Waals surface area contributed by atoms with Crippen LogP contribution in [0.2, 0.25) is 0 Å². The molecule has 0 spiro atoms. The summed E-state index contributed by atoms with van der Waals surface area (Å²) in [4.78, 5) is 11.5. The summed E-state index contributed by atoms with van der Waals surface area (Å²) in [6, 6.07) is 0.422. The minimum Gasteiger partial charge on any atom is -0.380 e. The molecule has 18 heavy (non-hydrogen) atoms. The van der Waals surface area contributed by atoms with Crippen molar-refractivity contribution in [2.24, 2.45) is 0 Å². The number of rotatable bonds is 5. The van der Waals surface area contributed by atoms with E-state index in [2.05, 4.69) is 22.4 Å². The van der Waals surface area contributed by atoms with Crippen molar-refractivity contribution in [1.82, 2.24) is 20.1 Å². The topological polar surface area (TPSA) is 71.9 Å². The lowest BCUT2D eigenvalue weighted by molar-refractivity contribution is 0.0836. The maximum Gasteiger partial charge on any atom is 0.343 e. The molecule has 2 N–H and O–H groups in total. The summed E-state index contributed by atoms with van der Waals surface area (Å²) >= 11 is 1.62. The van der Waals surface area contributed by atoms with Gasteiger partial charge in [0.15, 0.2) is 5.16 Å². The predicted molar refractivity (Wildman–Crippen MR) is 71.1 cm³/mol. The lowest BCUT2D eigenvalue weighted by Crippen LogP contribution is -2.44. The monoisotopic (exact) mass is 272 g/mol. The molecular formula is C11H20N4O2S. The number of aromatic nitrogens is 3. The molecule has 0 amide bonds. The van der Waals surface area contributed by atoms with E-state index in [9.17, 15) is 4.79 Å². The Balaban J connectivity index is 2.08. The van der Waals surface area contributed by atoms with E-state index in [0.717, 1.165) is 24.7 Å². The second-order valence-corrected chi connectivity index (χ2v) is 5.45. The first kappa shape index (κ1) is 13.6. The highest BCUT2D eigenvalue weighted by molar-refractivity contribution is 7.99. The number of hydrogen-bond acceptors (Lipinski definition) is 5. The zero-order valence-electron chi connectivity index (χ0n) is 10.8. The average molecular weight is 272 g/mol. The quantitative estimate of drug-likeness (QED) is 0.814. The first-order valence-electron chi connectivity index (χ1n) is 6.39. The largest absolute Gasteiger partial charge is 0.380 e. The number of hydrogen-bond donors (Lipinski definition) is 2. The average Bonchev–Trinajstić information content (AvgIpc) is 2.72. The van der Waals surface area contributed by atoms with Crippen molar-refractivity contribution in [2.75, 3.05) is 19.8 Å². The van der Waals surface area contributed by atoms with E-state index in [1.165, 1.54) is 0 Å². The van der Waals surface area contributed by atoms with Crippen molar-refractivity contribution >= 4 is 11.8 Å². The molecule has 1 aliphatic heterocycles. The molecular weight excluding hydrogens is 252 g/mol. The van der Waals surface area contributed by atoms with Crippen LogP contribution in [0, 0.1) is 0 Å². The SMILES string of the molecule is CCNC1CCOCC1Sc1n[nH]c(=O)n1CC. The number of aromatic amines is 1. The van der Waals surface area contributed by atoms with Crippen LogP contribution in [-0.2, 0) is 11.3 Å². The van der Waals surface area contributed by atoms with Gasteiger partial charge in [0.1, 0.15) is 0 Å². The van der Waals surface area contributed by atoms with Crippen LogP contribution in [0.3, 0.4) is 0 Å². The Morgan fingerprint density at radius 2 is 2.44 bits per heavy atom. The molecule has 0 bridgehead atoms. The second-order valence-electron chi connectivity index (χ2n) is 4.24. The number of H-pyrrole nitrogens is 1. The molecule has 1 aromatic rings. The Bertz CT molecular complexity index is 429. The molecule has 7 heteroatoms. The van der Waals surface area contributed by atoms with Gasteiger partial charge in [0.2, 0.25) is 0 Å². The maximum atomic E-state index is 11.5. The number of thioether (sulfide) groups is 1. The smallest absolute Gasteiger partial charge is 0.343 e. The normalized spacial score (nSPS) is 24.3. The van der Waals surface area contributed by atoms with Gasteiger partial charge in [-0.2, -0.15) is 0 Å². The Morgan fingerprint density at radius 1 is 1.61 bits per heavy atom. The maximum absolute atomic E-state index is 11.5. The van der Waals surface area contributed by atoms with E-state index in [1.807, 2.05) is 6.92 Å². The highest BCUT2D eigenvalue weighted by Crippen LogP contribution is 2.26. The molecule has 2 rings (SSSR count). The standard InChI is InChI=1S/C11H20N4O2S/c1-3-12-8-5-6-17-7-9(8)18-11-14-13-10(16)15(11)4-2/h8-9,12H,3-7H2,1-2H3,(H,13,16). The fourth-order valence-electron chi connectivity index (χ4n) is 2.13. The lowest BCUT2D eigenvalue weighted by Gasteiger charge is -2.31. The molecule has 0 saturated carbocycles. The number of nitrogens with zero attached hydrogens (tertiary/aromatic N) is 2. The van der Waals surface area contributed by atoms with E-state index in [-0.39, 0.29) is 5.69 Å². The zero-order valence-corrected chi connectivity index (χ0v) is 11.6. The highest BCUT2D eigenvalue weighted by Gasteiger charge is 2.27. The molecule has 2 unspecified atom stereocenters. The van der Waals surface area contributed by atoms with Crippen molar-refractivity contribution in [2.45, 2.75) is 43.3 Å². The molecule has 1 fully saturated rings. The summed E-state index contributed by atoms with van der Waals surface area (Å²) in [5.74, 6) is 0. The van der Waals surface area contributed by atoms with Gasteiger partial charge >= 0.3 is 5.69 Å². The van der Waals surface area contributed by atoms with Crippen LogP contribution in [0.15, 0.2) is 9.95 Å². The summed E-state index contributed by atoms with van der Waals surface area (Å²) < 4.78 is 7.18. The molecule has 102 valence electrons. The predicted octanol–water partition coefficient (Wildman–Crippen LogP) is 0.450. The molecule has 2 heterocycles. The molecule has 0 aliphatic carbocycles. The molecule has 1 aliphatic rings. The fraction of sp³-hybridized carbons (Fsp3) is 0.818. The Labute approximate surface area is 110 Å². The molecule has 6 nitrogen and oxygen atoms in total. The Hall–Kier alpha value is -0.790. The minimum atomic E-state index is -0.142. The van der Waals surface area contributed by atoms with Crippen molar-refractivity contribution < 1.29 is 4.74 Å². The van der Waals surface area contributed by atoms with E-state index in [4.69, 9.17) is 4.74 Å². The third kappa shape index (κ3) is 2.96. The van der Waals surface area contributed by atoms with Gasteiger partial charge in [0.25, 0.3) is 0 Å². The second kappa shape index (κ2) is 6.40. The van der Waals surface area contributed by atoms with Crippen molar-refractivity contribution in [3.8, 4) is 0 Å². The summed E-state index contributed by atoms with van der Waals surface area (Å²) in [6.45, 7) is 7.14. The van der Waals surface area contributed by atoms with Crippen molar-refractivity contribution in [1.29, 1.82) is 0 Å². The van der Waals surface area contributed by atoms with Gasteiger partial charge in [-0.15, -0.1) is 5.10 Å². The van der Waals surface area contributed by atoms with Gasteiger partial charge in [-0.3, -0.25) is 4.57 Å². The van der Waals surface area contributed by atoms with Crippen molar-refractivity contribution in [3.05, 3.63) is 10.5 Å². The molecule has 1 aromatic heterocycles. The van der Waals surface area contributed by atoms with Crippen LogP contribution in [0.5, 0.6) is 0 Å². The van der Waals surface area contributed by atoms with E-state index < -0.39 is 0 Å². The fourth-order valence-corrected chi connectivity index (χ4v) is 3.40. The van der Waals surface area contributed by atoms with Crippen LogP contribution in [0.1, 0.15) is 20.3 Å². The van der Waals surface area contributed by atoms with Gasteiger partial charge in [-0.25, -0.2) is 9.89 Å². The van der Waals surface area contributed by atoms with Crippen LogP contribution in [0.4, 0.5) is 0 Å². The molecule has 2 atom stereocenters. The van der Waals surface area contributed by atoms with Crippen LogP contribution in [-0.4, -0.2) is 45.8 Å². The van der Waals surface area contributed by atoms with E-state index >= 15 is 0 Å². The number of nitrogens with one attached hydrogen (secondary N) is 2. The summed E-state index contributed by atoms with van der Waals surface area (Å²) in [6.07, 6.45) is 1.01.